The minimum atomic E-state index is -0.00709. The monoisotopic (exact) mass is 247 g/mol. The van der Waals surface area contributed by atoms with E-state index in [0.717, 1.165) is 13.2 Å². The maximum Gasteiger partial charge on any atom is 0.0598 e. The van der Waals surface area contributed by atoms with Crippen molar-refractivity contribution in [1.82, 2.24) is 4.90 Å². The van der Waals surface area contributed by atoms with Gasteiger partial charge in [0.25, 0.3) is 0 Å². The van der Waals surface area contributed by atoms with E-state index < -0.39 is 0 Å². The maximum atomic E-state index is 5.89. The molecule has 100 valence electrons. The summed E-state index contributed by atoms with van der Waals surface area (Å²) in [6.45, 7) is 10.7. The summed E-state index contributed by atoms with van der Waals surface area (Å²) >= 11 is 0. The van der Waals surface area contributed by atoms with Crippen LogP contribution in [0.2, 0.25) is 0 Å². The third-order valence-corrected chi connectivity index (χ3v) is 3.37. The van der Waals surface area contributed by atoms with Gasteiger partial charge in [-0.15, -0.1) is 0 Å². The lowest BCUT2D eigenvalue weighted by Gasteiger charge is -2.22. The van der Waals surface area contributed by atoms with Crippen molar-refractivity contribution < 1.29 is 4.74 Å². The number of hydrogen-bond donors (Lipinski definition) is 0. The van der Waals surface area contributed by atoms with Gasteiger partial charge in [-0.25, -0.2) is 0 Å². The molecule has 2 rings (SSSR count). The molecule has 1 atom stereocenters. The molecule has 1 aromatic carbocycles. The van der Waals surface area contributed by atoms with E-state index >= 15 is 0 Å². The van der Waals surface area contributed by atoms with Gasteiger partial charge in [0.05, 0.1) is 12.2 Å². The molecule has 1 aromatic rings. The summed E-state index contributed by atoms with van der Waals surface area (Å²) in [5.41, 5.74) is 1.40. The summed E-state index contributed by atoms with van der Waals surface area (Å²) < 4.78 is 5.89. The Kier molecular flexibility index (Phi) is 4.41. The second-order valence-electron chi connectivity index (χ2n) is 6.30. The Morgan fingerprint density at radius 3 is 2.61 bits per heavy atom. The third-order valence-electron chi connectivity index (χ3n) is 3.37. The fourth-order valence-corrected chi connectivity index (χ4v) is 2.40. The summed E-state index contributed by atoms with van der Waals surface area (Å²) in [7, 11) is 0. The van der Waals surface area contributed by atoms with E-state index in [1.807, 2.05) is 0 Å². The average molecular weight is 247 g/mol. The van der Waals surface area contributed by atoms with Gasteiger partial charge < -0.3 is 4.74 Å². The Balaban J connectivity index is 1.75. The average Bonchev–Trinajstić information content (AvgIpc) is 2.75. The van der Waals surface area contributed by atoms with Gasteiger partial charge in [0.15, 0.2) is 0 Å². The molecule has 1 heterocycles. The summed E-state index contributed by atoms with van der Waals surface area (Å²) in [4.78, 5) is 2.53. The first-order chi connectivity index (χ1) is 8.53. The van der Waals surface area contributed by atoms with Crippen molar-refractivity contribution in [2.75, 3.05) is 19.7 Å². The molecule has 0 saturated carbocycles. The van der Waals surface area contributed by atoms with Crippen LogP contribution in [-0.4, -0.2) is 30.2 Å². The maximum absolute atomic E-state index is 5.89. The van der Waals surface area contributed by atoms with E-state index in [4.69, 9.17) is 4.74 Å². The van der Waals surface area contributed by atoms with Crippen LogP contribution in [0.25, 0.3) is 0 Å². The van der Waals surface area contributed by atoms with Crippen LogP contribution in [0.4, 0.5) is 0 Å². The summed E-state index contributed by atoms with van der Waals surface area (Å²) in [5, 5.41) is 0. The SMILES string of the molecule is CC(C)(C)OCC1CCN(Cc2ccccc2)C1. The molecule has 1 fully saturated rings. The second kappa shape index (κ2) is 5.85. The van der Waals surface area contributed by atoms with Crippen LogP contribution in [0.5, 0.6) is 0 Å². The van der Waals surface area contributed by atoms with Crippen LogP contribution in [0.1, 0.15) is 32.8 Å². The molecule has 0 spiro atoms. The second-order valence-corrected chi connectivity index (χ2v) is 6.30. The Morgan fingerprint density at radius 2 is 1.94 bits per heavy atom. The van der Waals surface area contributed by atoms with Crippen molar-refractivity contribution in [3.8, 4) is 0 Å². The lowest BCUT2D eigenvalue weighted by molar-refractivity contribution is -0.0206. The van der Waals surface area contributed by atoms with Crippen LogP contribution < -0.4 is 0 Å². The predicted molar refractivity (Wildman–Crippen MR) is 75.5 cm³/mol. The van der Waals surface area contributed by atoms with Gasteiger partial charge in [0.1, 0.15) is 0 Å². The Bertz CT molecular complexity index is 355. The van der Waals surface area contributed by atoms with E-state index in [9.17, 15) is 0 Å². The van der Waals surface area contributed by atoms with Crippen molar-refractivity contribution >= 4 is 0 Å². The Labute approximate surface area is 111 Å². The molecule has 0 bridgehead atoms. The van der Waals surface area contributed by atoms with E-state index in [1.165, 1.54) is 25.1 Å². The molecule has 2 nitrogen and oxygen atoms in total. The largest absolute Gasteiger partial charge is 0.376 e. The molecule has 0 aromatic heterocycles. The zero-order valence-electron chi connectivity index (χ0n) is 11.9. The molecule has 2 heteroatoms. The summed E-state index contributed by atoms with van der Waals surface area (Å²) in [5.74, 6) is 0.702. The number of nitrogens with zero attached hydrogens (tertiary/aromatic N) is 1. The number of hydrogen-bond acceptors (Lipinski definition) is 2. The number of benzene rings is 1. The first-order valence-electron chi connectivity index (χ1n) is 6.93. The minimum absolute atomic E-state index is 0.00709. The van der Waals surface area contributed by atoms with Crippen molar-refractivity contribution in [3.63, 3.8) is 0 Å². The standard InChI is InChI=1S/C16H25NO/c1-16(2,3)18-13-15-9-10-17(12-15)11-14-7-5-4-6-8-14/h4-8,15H,9-13H2,1-3H3. The van der Waals surface area contributed by atoms with Gasteiger partial charge in [0, 0.05) is 13.1 Å². The Hall–Kier alpha value is -0.860. The first kappa shape index (κ1) is 13.6. The molecular weight excluding hydrogens is 222 g/mol. The van der Waals surface area contributed by atoms with Crippen LogP contribution >= 0.6 is 0 Å². The van der Waals surface area contributed by atoms with Gasteiger partial charge in [-0.1, -0.05) is 30.3 Å². The zero-order chi connectivity index (χ0) is 13.0. The molecule has 18 heavy (non-hydrogen) atoms. The van der Waals surface area contributed by atoms with Crippen molar-refractivity contribution in [1.29, 1.82) is 0 Å². The van der Waals surface area contributed by atoms with Gasteiger partial charge >= 0.3 is 0 Å². The molecule has 0 aliphatic carbocycles. The van der Waals surface area contributed by atoms with E-state index in [-0.39, 0.29) is 5.60 Å². The highest BCUT2D eigenvalue weighted by molar-refractivity contribution is 5.14. The lowest BCUT2D eigenvalue weighted by Crippen LogP contribution is -2.26. The Morgan fingerprint density at radius 1 is 1.22 bits per heavy atom. The fraction of sp³-hybridized carbons (Fsp3) is 0.625. The zero-order valence-corrected chi connectivity index (χ0v) is 11.9. The smallest absolute Gasteiger partial charge is 0.0598 e. The quantitative estimate of drug-likeness (QED) is 0.809. The minimum Gasteiger partial charge on any atom is -0.376 e. The van der Waals surface area contributed by atoms with Gasteiger partial charge in [0.2, 0.25) is 0 Å². The van der Waals surface area contributed by atoms with Gasteiger partial charge in [-0.2, -0.15) is 0 Å². The topological polar surface area (TPSA) is 12.5 Å². The van der Waals surface area contributed by atoms with E-state index in [1.54, 1.807) is 0 Å². The first-order valence-corrected chi connectivity index (χ1v) is 6.93. The molecule has 0 amide bonds. The summed E-state index contributed by atoms with van der Waals surface area (Å²) in [6, 6.07) is 10.7. The molecule has 1 unspecified atom stereocenters. The number of ether oxygens (including phenoxy) is 1. The number of rotatable bonds is 4. The van der Waals surface area contributed by atoms with Crippen LogP contribution in [0.15, 0.2) is 30.3 Å². The predicted octanol–water partition coefficient (Wildman–Crippen LogP) is 3.32. The van der Waals surface area contributed by atoms with Gasteiger partial charge in [-0.05, 0) is 45.2 Å². The molecule has 1 saturated heterocycles. The lowest BCUT2D eigenvalue weighted by atomic mass is 10.1. The highest BCUT2D eigenvalue weighted by atomic mass is 16.5. The highest BCUT2D eigenvalue weighted by Gasteiger charge is 2.24. The summed E-state index contributed by atoms with van der Waals surface area (Å²) in [6.07, 6.45) is 1.27. The van der Waals surface area contributed by atoms with E-state index in [0.29, 0.717) is 5.92 Å². The molecule has 1 aliphatic rings. The van der Waals surface area contributed by atoms with Crippen LogP contribution in [0, 0.1) is 5.92 Å². The van der Waals surface area contributed by atoms with Crippen LogP contribution in [0.3, 0.4) is 0 Å². The van der Waals surface area contributed by atoms with E-state index in [2.05, 4.69) is 56.0 Å². The van der Waals surface area contributed by atoms with Crippen LogP contribution in [-0.2, 0) is 11.3 Å². The number of likely N-dealkylation sites (tertiary alicyclic amines) is 1. The molecule has 0 N–H and O–H groups in total. The van der Waals surface area contributed by atoms with Crippen molar-refractivity contribution in [2.24, 2.45) is 5.92 Å². The third kappa shape index (κ3) is 4.43. The van der Waals surface area contributed by atoms with Crippen molar-refractivity contribution in [2.45, 2.75) is 39.3 Å². The molecular formula is C16H25NO. The molecule has 1 aliphatic heterocycles. The van der Waals surface area contributed by atoms with Gasteiger partial charge in [-0.3, -0.25) is 4.90 Å². The molecule has 0 radical (unpaired) electrons. The normalized spacial score (nSPS) is 21.4. The highest BCUT2D eigenvalue weighted by Crippen LogP contribution is 2.20. The van der Waals surface area contributed by atoms with Crippen molar-refractivity contribution in [3.05, 3.63) is 35.9 Å². The fourth-order valence-electron chi connectivity index (χ4n) is 2.40.